The van der Waals surface area contributed by atoms with E-state index in [9.17, 15) is 4.79 Å². The third-order valence-electron chi connectivity index (χ3n) is 4.86. The predicted octanol–water partition coefficient (Wildman–Crippen LogP) is 5.56. The number of rotatable bonds is 3. The van der Waals surface area contributed by atoms with Gasteiger partial charge in [0.1, 0.15) is 0 Å². The van der Waals surface area contributed by atoms with Crippen LogP contribution < -0.4 is 4.90 Å². The summed E-state index contributed by atoms with van der Waals surface area (Å²) >= 11 is 0. The van der Waals surface area contributed by atoms with Crippen molar-refractivity contribution < 1.29 is 4.79 Å². The minimum absolute atomic E-state index is 0.0282. The molecule has 4 rings (SSSR count). The molecule has 1 heterocycles. The number of benzene rings is 3. The van der Waals surface area contributed by atoms with Gasteiger partial charge in [-0.1, -0.05) is 78.4 Å². The Bertz CT molecular complexity index is 927. The summed E-state index contributed by atoms with van der Waals surface area (Å²) < 4.78 is 0. The van der Waals surface area contributed by atoms with E-state index in [2.05, 4.69) is 31.2 Å². The van der Waals surface area contributed by atoms with Crippen LogP contribution >= 0.6 is 0 Å². The molecule has 0 radical (unpaired) electrons. The molecule has 2 heteroatoms. The predicted molar refractivity (Wildman–Crippen MR) is 107 cm³/mol. The summed E-state index contributed by atoms with van der Waals surface area (Å²) in [5, 5.41) is 0. The zero-order valence-corrected chi connectivity index (χ0v) is 14.8. The Hall–Kier alpha value is -3.13. The third-order valence-corrected chi connectivity index (χ3v) is 4.86. The van der Waals surface area contributed by atoms with Gasteiger partial charge in [0.2, 0.25) is 0 Å². The molecular formula is C24H21NO. The Labute approximate surface area is 154 Å². The Balaban J connectivity index is 1.76. The van der Waals surface area contributed by atoms with Crippen LogP contribution in [0.25, 0.3) is 6.08 Å². The summed E-state index contributed by atoms with van der Waals surface area (Å²) in [6.45, 7) is 2.08. The second-order valence-corrected chi connectivity index (χ2v) is 6.72. The average molecular weight is 339 g/mol. The summed E-state index contributed by atoms with van der Waals surface area (Å²) in [5.74, 6) is 0.0885. The lowest BCUT2D eigenvalue weighted by atomic mass is 10.0. The number of para-hydroxylation sites is 1. The minimum atomic E-state index is 0.0282. The molecule has 128 valence electrons. The summed E-state index contributed by atoms with van der Waals surface area (Å²) in [6, 6.07) is 28.5. The van der Waals surface area contributed by atoms with Gasteiger partial charge in [-0.2, -0.15) is 0 Å². The molecule has 1 fully saturated rings. The molecule has 2 nitrogen and oxygen atoms in total. The van der Waals surface area contributed by atoms with Crippen molar-refractivity contribution in [3.63, 3.8) is 0 Å². The molecule has 1 unspecified atom stereocenters. The van der Waals surface area contributed by atoms with Gasteiger partial charge in [-0.3, -0.25) is 4.79 Å². The van der Waals surface area contributed by atoms with E-state index >= 15 is 0 Å². The van der Waals surface area contributed by atoms with Crippen molar-refractivity contribution in [1.29, 1.82) is 0 Å². The highest BCUT2D eigenvalue weighted by atomic mass is 16.2. The summed E-state index contributed by atoms with van der Waals surface area (Å²) in [4.78, 5) is 15.1. The largest absolute Gasteiger partial charge is 0.301 e. The van der Waals surface area contributed by atoms with E-state index in [-0.39, 0.29) is 11.9 Å². The number of aryl methyl sites for hydroxylation is 1. The molecule has 1 atom stereocenters. The number of anilines is 1. The normalized spacial score (nSPS) is 18.5. The molecule has 0 saturated carbocycles. The van der Waals surface area contributed by atoms with E-state index in [0.29, 0.717) is 6.42 Å². The number of amides is 1. The molecule has 0 aliphatic carbocycles. The first-order valence-corrected chi connectivity index (χ1v) is 8.93. The van der Waals surface area contributed by atoms with Gasteiger partial charge in [-0.25, -0.2) is 0 Å². The van der Waals surface area contributed by atoms with Crippen LogP contribution in [0.15, 0.2) is 90.5 Å². The Morgan fingerprint density at radius 2 is 1.46 bits per heavy atom. The maximum atomic E-state index is 13.2. The van der Waals surface area contributed by atoms with Crippen LogP contribution in [-0.4, -0.2) is 5.91 Å². The van der Waals surface area contributed by atoms with E-state index in [1.165, 1.54) is 11.1 Å². The number of carbonyl (C=O) groups excluding carboxylic acids is 1. The lowest BCUT2D eigenvalue weighted by Gasteiger charge is -2.25. The fraction of sp³-hybridized carbons (Fsp3) is 0.125. The lowest BCUT2D eigenvalue weighted by Crippen LogP contribution is -2.27. The smallest absolute Gasteiger partial charge is 0.254 e. The molecule has 0 spiro atoms. The second kappa shape index (κ2) is 7.01. The number of hydrogen-bond donors (Lipinski definition) is 0. The van der Waals surface area contributed by atoms with Gasteiger partial charge in [0.15, 0.2) is 0 Å². The SMILES string of the molecule is Cc1ccc(C2C/C(=C/c3ccccc3)C(=O)N2c2ccccc2)cc1. The minimum Gasteiger partial charge on any atom is -0.301 e. The van der Waals surface area contributed by atoms with E-state index in [1.54, 1.807) is 0 Å². The maximum Gasteiger partial charge on any atom is 0.254 e. The molecular weight excluding hydrogens is 318 g/mol. The highest BCUT2D eigenvalue weighted by Crippen LogP contribution is 2.40. The number of carbonyl (C=O) groups is 1. The first-order valence-electron chi connectivity index (χ1n) is 8.93. The van der Waals surface area contributed by atoms with Gasteiger partial charge in [-0.05, 0) is 36.3 Å². The van der Waals surface area contributed by atoms with E-state index in [4.69, 9.17) is 0 Å². The highest BCUT2D eigenvalue weighted by molar-refractivity contribution is 6.11. The van der Waals surface area contributed by atoms with Crippen LogP contribution in [0.1, 0.15) is 29.2 Å². The van der Waals surface area contributed by atoms with Crippen molar-refractivity contribution >= 4 is 17.7 Å². The Kier molecular flexibility index (Phi) is 4.40. The molecule has 26 heavy (non-hydrogen) atoms. The topological polar surface area (TPSA) is 20.3 Å². The summed E-state index contributed by atoms with van der Waals surface area (Å²) in [5.41, 5.74) is 5.26. The van der Waals surface area contributed by atoms with Crippen LogP contribution in [0.4, 0.5) is 5.69 Å². The monoisotopic (exact) mass is 339 g/mol. The molecule has 0 bridgehead atoms. The molecule has 3 aromatic carbocycles. The van der Waals surface area contributed by atoms with Crippen LogP contribution in [0.5, 0.6) is 0 Å². The summed E-state index contributed by atoms with van der Waals surface area (Å²) in [7, 11) is 0. The van der Waals surface area contributed by atoms with Crippen molar-refractivity contribution in [1.82, 2.24) is 0 Å². The third kappa shape index (κ3) is 3.18. The quantitative estimate of drug-likeness (QED) is 0.572. The van der Waals surface area contributed by atoms with Gasteiger partial charge in [-0.15, -0.1) is 0 Å². The van der Waals surface area contributed by atoms with Gasteiger partial charge in [0, 0.05) is 17.7 Å². The fourth-order valence-electron chi connectivity index (χ4n) is 3.50. The molecule has 0 N–H and O–H groups in total. The molecule has 1 amide bonds. The zero-order chi connectivity index (χ0) is 17.9. The first-order chi connectivity index (χ1) is 12.7. The summed E-state index contributed by atoms with van der Waals surface area (Å²) in [6.07, 6.45) is 2.73. The molecule has 1 aliphatic rings. The molecule has 1 saturated heterocycles. The van der Waals surface area contributed by atoms with Gasteiger partial charge >= 0.3 is 0 Å². The van der Waals surface area contributed by atoms with E-state index in [0.717, 1.165) is 16.8 Å². The highest BCUT2D eigenvalue weighted by Gasteiger charge is 2.37. The first kappa shape index (κ1) is 16.3. The van der Waals surface area contributed by atoms with Crippen molar-refractivity contribution in [2.45, 2.75) is 19.4 Å². The Morgan fingerprint density at radius 3 is 2.12 bits per heavy atom. The van der Waals surface area contributed by atoms with Crippen molar-refractivity contribution in [3.8, 4) is 0 Å². The van der Waals surface area contributed by atoms with Crippen molar-refractivity contribution in [2.24, 2.45) is 0 Å². The van der Waals surface area contributed by atoms with Gasteiger partial charge < -0.3 is 4.90 Å². The molecule has 0 aromatic heterocycles. The van der Waals surface area contributed by atoms with Crippen LogP contribution in [0, 0.1) is 6.92 Å². The molecule has 1 aliphatic heterocycles. The van der Waals surface area contributed by atoms with Gasteiger partial charge in [0.05, 0.1) is 6.04 Å². The molecule has 3 aromatic rings. The van der Waals surface area contributed by atoms with Crippen molar-refractivity contribution in [3.05, 3.63) is 107 Å². The van der Waals surface area contributed by atoms with Crippen molar-refractivity contribution in [2.75, 3.05) is 4.90 Å². The lowest BCUT2D eigenvalue weighted by molar-refractivity contribution is -0.114. The van der Waals surface area contributed by atoms with E-state index in [1.807, 2.05) is 71.6 Å². The van der Waals surface area contributed by atoms with Crippen LogP contribution in [0.3, 0.4) is 0 Å². The number of hydrogen-bond acceptors (Lipinski definition) is 1. The Morgan fingerprint density at radius 1 is 0.846 bits per heavy atom. The van der Waals surface area contributed by atoms with Crippen LogP contribution in [0.2, 0.25) is 0 Å². The zero-order valence-electron chi connectivity index (χ0n) is 14.8. The standard InChI is InChI=1S/C24H21NO/c1-18-12-14-20(15-13-18)23-17-21(16-19-8-4-2-5-9-19)24(26)25(23)22-10-6-3-7-11-22/h2-16,23H,17H2,1H3/b21-16-. The second-order valence-electron chi connectivity index (χ2n) is 6.72. The van der Waals surface area contributed by atoms with Crippen LogP contribution in [-0.2, 0) is 4.79 Å². The average Bonchev–Trinajstić information content (AvgIpc) is 3.00. The van der Waals surface area contributed by atoms with E-state index < -0.39 is 0 Å². The number of nitrogens with zero attached hydrogens (tertiary/aromatic N) is 1. The fourth-order valence-corrected chi connectivity index (χ4v) is 3.50. The van der Waals surface area contributed by atoms with Gasteiger partial charge in [0.25, 0.3) is 5.91 Å². The maximum absolute atomic E-state index is 13.2.